The summed E-state index contributed by atoms with van der Waals surface area (Å²) in [6.45, 7) is 1.35. The zero-order valence-corrected chi connectivity index (χ0v) is 12.0. The van der Waals surface area contributed by atoms with Crippen LogP contribution in [0.15, 0.2) is 23.1 Å². The first-order valence-corrected chi connectivity index (χ1v) is 7.65. The van der Waals surface area contributed by atoms with Gasteiger partial charge in [0.25, 0.3) is 0 Å². The van der Waals surface area contributed by atoms with E-state index in [0.29, 0.717) is 11.1 Å². The average Bonchev–Trinajstić information content (AvgIpc) is 2.81. The van der Waals surface area contributed by atoms with Gasteiger partial charge in [-0.25, -0.2) is 8.42 Å². The molecule has 2 atom stereocenters. The van der Waals surface area contributed by atoms with Crippen LogP contribution in [-0.4, -0.2) is 47.6 Å². The molecule has 2 N–H and O–H groups in total. The van der Waals surface area contributed by atoms with Gasteiger partial charge in [-0.3, -0.25) is 4.79 Å². The van der Waals surface area contributed by atoms with Crippen molar-refractivity contribution >= 4 is 16.0 Å². The second-order valence-corrected chi connectivity index (χ2v) is 6.80. The summed E-state index contributed by atoms with van der Waals surface area (Å²) >= 11 is 0. The van der Waals surface area contributed by atoms with Gasteiger partial charge in [0.1, 0.15) is 6.04 Å². The number of nitrogens with zero attached hydrogens (tertiary/aromatic N) is 2. The largest absolute Gasteiger partial charge is 0.480 e. The normalized spacial score (nSPS) is 22.9. The number of carboxylic acids is 1. The number of carboxylic acid groups (broad SMARTS) is 1. The minimum Gasteiger partial charge on any atom is -0.480 e. The summed E-state index contributed by atoms with van der Waals surface area (Å²) in [5.41, 5.74) is 0.843. The minimum atomic E-state index is -4.03. The van der Waals surface area contributed by atoms with Crippen molar-refractivity contribution in [2.45, 2.75) is 30.4 Å². The molecule has 0 radical (unpaired) electrons. The molecule has 0 bridgehead atoms. The molecule has 1 unspecified atom stereocenters. The maximum Gasteiger partial charge on any atom is 0.322 e. The van der Waals surface area contributed by atoms with E-state index in [2.05, 4.69) is 0 Å². The van der Waals surface area contributed by atoms with Gasteiger partial charge in [-0.1, -0.05) is 0 Å². The molecule has 0 spiro atoms. The molecule has 21 heavy (non-hydrogen) atoms. The molecule has 1 aliphatic heterocycles. The van der Waals surface area contributed by atoms with Crippen LogP contribution in [0.5, 0.6) is 0 Å². The quantitative estimate of drug-likeness (QED) is 0.816. The molecule has 1 aliphatic rings. The topological polar surface area (TPSA) is 119 Å². The molecule has 0 saturated carbocycles. The number of aliphatic hydroxyl groups is 1. The average molecular weight is 310 g/mol. The molecular weight excluding hydrogens is 296 g/mol. The lowest BCUT2D eigenvalue weighted by Crippen LogP contribution is -2.40. The Morgan fingerprint density at radius 3 is 2.67 bits per heavy atom. The van der Waals surface area contributed by atoms with Crippen LogP contribution in [0.3, 0.4) is 0 Å². The van der Waals surface area contributed by atoms with Crippen LogP contribution < -0.4 is 0 Å². The first kappa shape index (κ1) is 15.4. The van der Waals surface area contributed by atoms with E-state index >= 15 is 0 Å². The lowest BCUT2D eigenvalue weighted by atomic mass is 10.1. The Kier molecular flexibility index (Phi) is 4.00. The van der Waals surface area contributed by atoms with Crippen LogP contribution >= 0.6 is 0 Å². The molecular formula is C13H14N2O5S. The van der Waals surface area contributed by atoms with Crippen molar-refractivity contribution in [3.8, 4) is 6.07 Å². The molecule has 1 aromatic carbocycles. The van der Waals surface area contributed by atoms with Gasteiger partial charge >= 0.3 is 5.97 Å². The Morgan fingerprint density at radius 1 is 1.48 bits per heavy atom. The van der Waals surface area contributed by atoms with Gasteiger partial charge in [0.05, 0.1) is 22.6 Å². The zero-order valence-electron chi connectivity index (χ0n) is 11.2. The smallest absolute Gasteiger partial charge is 0.322 e. The maximum atomic E-state index is 12.5. The molecule has 0 amide bonds. The number of nitriles is 1. The summed E-state index contributed by atoms with van der Waals surface area (Å²) in [6.07, 6.45) is -1.13. The first-order valence-electron chi connectivity index (χ1n) is 6.21. The Hall–Kier alpha value is -1.95. The second-order valence-electron chi connectivity index (χ2n) is 4.91. The van der Waals surface area contributed by atoms with Gasteiger partial charge in [-0.2, -0.15) is 9.57 Å². The fourth-order valence-electron chi connectivity index (χ4n) is 2.33. The van der Waals surface area contributed by atoms with Crippen LogP contribution in [0.1, 0.15) is 17.5 Å². The first-order chi connectivity index (χ1) is 9.77. The van der Waals surface area contributed by atoms with Gasteiger partial charge in [0.15, 0.2) is 0 Å². The van der Waals surface area contributed by atoms with E-state index < -0.39 is 28.1 Å². The van der Waals surface area contributed by atoms with Crippen molar-refractivity contribution in [1.29, 1.82) is 5.26 Å². The summed E-state index contributed by atoms with van der Waals surface area (Å²) in [4.78, 5) is 11.1. The third-order valence-corrected chi connectivity index (χ3v) is 5.31. The SMILES string of the molecule is Cc1cc(S(=O)(=O)N2CC(O)C[C@H]2C(=O)O)ccc1C#N. The Labute approximate surface area is 122 Å². The number of benzene rings is 1. The number of aryl methyl sites for hydroxylation is 1. The van der Waals surface area contributed by atoms with E-state index in [1.807, 2.05) is 6.07 Å². The number of sulfonamides is 1. The van der Waals surface area contributed by atoms with Crippen molar-refractivity contribution in [2.75, 3.05) is 6.54 Å². The molecule has 1 fully saturated rings. The molecule has 7 nitrogen and oxygen atoms in total. The van der Waals surface area contributed by atoms with Crippen molar-refractivity contribution in [3.05, 3.63) is 29.3 Å². The summed E-state index contributed by atoms with van der Waals surface area (Å²) in [5, 5.41) is 27.5. The van der Waals surface area contributed by atoms with Crippen molar-refractivity contribution in [1.82, 2.24) is 4.31 Å². The number of carbonyl (C=O) groups is 1. The van der Waals surface area contributed by atoms with Gasteiger partial charge < -0.3 is 10.2 Å². The highest BCUT2D eigenvalue weighted by Gasteiger charge is 2.43. The van der Waals surface area contributed by atoms with Gasteiger partial charge in [-0.15, -0.1) is 0 Å². The summed E-state index contributed by atoms with van der Waals surface area (Å²) in [5.74, 6) is -1.29. The number of hydrogen-bond acceptors (Lipinski definition) is 5. The maximum absolute atomic E-state index is 12.5. The van der Waals surface area contributed by atoms with Crippen LogP contribution in [0.25, 0.3) is 0 Å². The number of aliphatic carboxylic acids is 1. The van der Waals surface area contributed by atoms with Crippen molar-refractivity contribution < 1.29 is 23.4 Å². The standard InChI is InChI=1S/C13H14N2O5S/c1-8-4-11(3-2-9(8)6-14)21(19,20)15-7-10(16)5-12(15)13(17)18/h2-4,10,12,16H,5,7H2,1H3,(H,17,18)/t10?,12-/m0/s1. The van der Waals surface area contributed by atoms with Crippen molar-refractivity contribution in [2.24, 2.45) is 0 Å². The Balaban J connectivity index is 2.45. The molecule has 112 valence electrons. The number of rotatable bonds is 3. The summed E-state index contributed by atoms with van der Waals surface area (Å²) in [7, 11) is -4.03. The van der Waals surface area contributed by atoms with Crippen molar-refractivity contribution in [3.63, 3.8) is 0 Å². The van der Waals surface area contributed by atoms with Gasteiger partial charge in [0.2, 0.25) is 10.0 Å². The third kappa shape index (κ3) is 2.76. The van der Waals surface area contributed by atoms with E-state index in [-0.39, 0.29) is 17.9 Å². The van der Waals surface area contributed by atoms with E-state index in [1.54, 1.807) is 6.92 Å². The van der Waals surface area contributed by atoms with Crippen LogP contribution in [-0.2, 0) is 14.8 Å². The highest BCUT2D eigenvalue weighted by Crippen LogP contribution is 2.27. The molecule has 1 saturated heterocycles. The van der Waals surface area contributed by atoms with E-state index in [1.165, 1.54) is 18.2 Å². The number of hydrogen-bond donors (Lipinski definition) is 2. The zero-order chi connectivity index (χ0) is 15.8. The van der Waals surface area contributed by atoms with E-state index in [9.17, 15) is 18.3 Å². The van der Waals surface area contributed by atoms with Crippen LogP contribution in [0.4, 0.5) is 0 Å². The van der Waals surface area contributed by atoms with Crippen LogP contribution in [0, 0.1) is 18.3 Å². The minimum absolute atomic E-state index is 0.0839. The van der Waals surface area contributed by atoms with E-state index in [0.717, 1.165) is 4.31 Å². The van der Waals surface area contributed by atoms with Crippen LogP contribution in [0.2, 0.25) is 0 Å². The number of β-amino-alcohol motifs (C(OH)–C–C–N with tert-alkyl or cyclic N) is 1. The molecule has 0 aromatic heterocycles. The lowest BCUT2D eigenvalue weighted by molar-refractivity contribution is -0.140. The fourth-order valence-corrected chi connectivity index (χ4v) is 4.05. The summed E-state index contributed by atoms with van der Waals surface area (Å²) in [6, 6.07) is 4.64. The monoisotopic (exact) mass is 310 g/mol. The third-order valence-electron chi connectivity index (χ3n) is 3.44. The predicted octanol–water partition coefficient (Wildman–Crippen LogP) is 0.0752. The summed E-state index contributed by atoms with van der Waals surface area (Å²) < 4.78 is 25.8. The predicted molar refractivity (Wildman–Crippen MR) is 71.8 cm³/mol. The lowest BCUT2D eigenvalue weighted by Gasteiger charge is -2.21. The Morgan fingerprint density at radius 2 is 2.14 bits per heavy atom. The molecule has 2 rings (SSSR count). The molecule has 8 heteroatoms. The second kappa shape index (κ2) is 5.44. The highest BCUT2D eigenvalue weighted by molar-refractivity contribution is 7.89. The van der Waals surface area contributed by atoms with E-state index in [4.69, 9.17) is 10.4 Å². The highest BCUT2D eigenvalue weighted by atomic mass is 32.2. The fraction of sp³-hybridized carbons (Fsp3) is 0.385. The molecule has 0 aliphatic carbocycles. The number of aliphatic hydroxyl groups excluding tert-OH is 1. The molecule has 1 heterocycles. The molecule has 1 aromatic rings. The van der Waals surface area contributed by atoms with Gasteiger partial charge in [0, 0.05) is 13.0 Å². The Bertz CT molecular complexity index is 723. The van der Waals surface area contributed by atoms with Gasteiger partial charge in [-0.05, 0) is 30.7 Å².